The summed E-state index contributed by atoms with van der Waals surface area (Å²) >= 11 is 0. The van der Waals surface area contributed by atoms with Crippen LogP contribution >= 0.6 is 0 Å². The fourth-order valence-corrected chi connectivity index (χ4v) is 2.72. The van der Waals surface area contributed by atoms with Gasteiger partial charge in [0.25, 0.3) is 0 Å². The summed E-state index contributed by atoms with van der Waals surface area (Å²) < 4.78 is 0. The number of hydrogen-bond acceptors (Lipinski definition) is 4. The molecule has 0 aliphatic heterocycles. The van der Waals surface area contributed by atoms with E-state index in [4.69, 9.17) is 0 Å². The first-order valence-electron chi connectivity index (χ1n) is 6.81. The van der Waals surface area contributed by atoms with Gasteiger partial charge in [0.2, 0.25) is 0 Å². The van der Waals surface area contributed by atoms with Crippen LogP contribution in [0.25, 0.3) is 0 Å². The molecule has 0 bridgehead atoms. The molecule has 0 saturated heterocycles. The van der Waals surface area contributed by atoms with E-state index in [9.17, 15) is 5.11 Å². The van der Waals surface area contributed by atoms with E-state index in [1.807, 2.05) is 19.3 Å². The van der Waals surface area contributed by atoms with Crippen molar-refractivity contribution in [2.75, 3.05) is 25.5 Å². The average Bonchev–Trinajstić information content (AvgIpc) is 2.92. The Morgan fingerprint density at radius 2 is 2.22 bits per heavy atom. The van der Waals surface area contributed by atoms with Crippen LogP contribution < -0.4 is 5.32 Å². The van der Waals surface area contributed by atoms with Gasteiger partial charge in [0.05, 0.1) is 12.3 Å². The molecule has 1 fully saturated rings. The van der Waals surface area contributed by atoms with Crippen LogP contribution in [0.1, 0.15) is 31.4 Å². The molecule has 4 heteroatoms. The van der Waals surface area contributed by atoms with E-state index in [1.54, 1.807) is 0 Å². The fourth-order valence-electron chi connectivity index (χ4n) is 2.72. The van der Waals surface area contributed by atoms with Crippen molar-refractivity contribution in [3.05, 3.63) is 24.0 Å². The van der Waals surface area contributed by atoms with Crippen LogP contribution in [-0.2, 0) is 6.54 Å². The molecule has 4 nitrogen and oxygen atoms in total. The van der Waals surface area contributed by atoms with Gasteiger partial charge in [-0.2, -0.15) is 0 Å². The molecule has 0 unspecified atom stereocenters. The van der Waals surface area contributed by atoms with E-state index in [2.05, 4.69) is 21.3 Å². The smallest absolute Gasteiger partial charge is 0.0564 e. The van der Waals surface area contributed by atoms with Gasteiger partial charge in [-0.05, 0) is 25.0 Å². The summed E-state index contributed by atoms with van der Waals surface area (Å²) in [7, 11) is 1.92. The molecule has 1 aromatic rings. The van der Waals surface area contributed by atoms with Gasteiger partial charge in [0.15, 0.2) is 0 Å². The molecule has 1 aromatic heterocycles. The zero-order valence-electron chi connectivity index (χ0n) is 11.1. The topological polar surface area (TPSA) is 48.4 Å². The lowest BCUT2D eigenvalue weighted by atomic mass is 10.2. The number of hydrogen-bond donors (Lipinski definition) is 2. The van der Waals surface area contributed by atoms with E-state index < -0.39 is 0 Å². The van der Waals surface area contributed by atoms with Gasteiger partial charge in [-0.3, -0.25) is 9.88 Å². The number of aliphatic hydroxyl groups excluding tert-OH is 1. The molecule has 1 aliphatic rings. The maximum Gasteiger partial charge on any atom is 0.0564 e. The third-order valence-electron chi connectivity index (χ3n) is 3.70. The zero-order chi connectivity index (χ0) is 12.8. The normalized spacial score (nSPS) is 16.4. The Kier molecular flexibility index (Phi) is 4.96. The van der Waals surface area contributed by atoms with Crippen molar-refractivity contribution < 1.29 is 5.11 Å². The second-order valence-corrected chi connectivity index (χ2v) is 4.92. The molecule has 0 amide bonds. The standard InChI is InChI=1S/C14H23N3O/c1-15-12-6-7-16-13(10-12)11-17(8-9-18)14-4-2-3-5-14/h6-7,10,14,18H,2-5,8-9,11H2,1H3,(H,15,16). The second kappa shape index (κ2) is 6.71. The second-order valence-electron chi connectivity index (χ2n) is 4.92. The Hall–Kier alpha value is -1.13. The lowest BCUT2D eigenvalue weighted by molar-refractivity contribution is 0.143. The maximum atomic E-state index is 9.20. The summed E-state index contributed by atoms with van der Waals surface area (Å²) in [6.45, 7) is 1.80. The van der Waals surface area contributed by atoms with Gasteiger partial charge in [0.1, 0.15) is 0 Å². The first-order chi connectivity index (χ1) is 8.83. The number of rotatable bonds is 6. The SMILES string of the molecule is CNc1ccnc(CN(CCO)C2CCCC2)c1. The highest BCUT2D eigenvalue weighted by Crippen LogP contribution is 2.24. The number of aromatic nitrogens is 1. The van der Waals surface area contributed by atoms with Crippen LogP contribution in [0.4, 0.5) is 5.69 Å². The highest BCUT2D eigenvalue weighted by atomic mass is 16.3. The van der Waals surface area contributed by atoms with Crippen molar-refractivity contribution in [2.45, 2.75) is 38.3 Å². The first kappa shape index (κ1) is 13.3. The molecule has 18 heavy (non-hydrogen) atoms. The van der Waals surface area contributed by atoms with E-state index >= 15 is 0 Å². The summed E-state index contributed by atoms with van der Waals surface area (Å²) in [5.41, 5.74) is 2.16. The highest BCUT2D eigenvalue weighted by molar-refractivity contribution is 5.42. The van der Waals surface area contributed by atoms with E-state index in [1.165, 1.54) is 25.7 Å². The minimum atomic E-state index is 0.224. The number of nitrogens with zero attached hydrogens (tertiary/aromatic N) is 2. The minimum absolute atomic E-state index is 0.224. The molecule has 100 valence electrons. The van der Waals surface area contributed by atoms with Gasteiger partial charge < -0.3 is 10.4 Å². The summed E-state index contributed by atoms with van der Waals surface area (Å²) in [5, 5.41) is 12.3. The van der Waals surface area contributed by atoms with Gasteiger partial charge in [-0.1, -0.05) is 12.8 Å². The lowest BCUT2D eigenvalue weighted by Gasteiger charge is -2.27. The monoisotopic (exact) mass is 249 g/mol. The molecule has 1 aliphatic carbocycles. The van der Waals surface area contributed by atoms with Gasteiger partial charge in [0, 0.05) is 38.1 Å². The Balaban J connectivity index is 2.02. The molecule has 0 spiro atoms. The van der Waals surface area contributed by atoms with E-state index in [0.717, 1.165) is 24.5 Å². The van der Waals surface area contributed by atoms with Gasteiger partial charge >= 0.3 is 0 Å². The molecule has 1 heterocycles. The van der Waals surface area contributed by atoms with Crippen molar-refractivity contribution in [1.82, 2.24) is 9.88 Å². The Morgan fingerprint density at radius 1 is 1.44 bits per heavy atom. The van der Waals surface area contributed by atoms with Crippen LogP contribution in [0.3, 0.4) is 0 Å². The van der Waals surface area contributed by atoms with Crippen LogP contribution in [0.15, 0.2) is 18.3 Å². The maximum absolute atomic E-state index is 9.20. The van der Waals surface area contributed by atoms with Crippen molar-refractivity contribution in [3.8, 4) is 0 Å². The van der Waals surface area contributed by atoms with Crippen molar-refractivity contribution in [2.24, 2.45) is 0 Å². The van der Waals surface area contributed by atoms with Crippen LogP contribution in [0.2, 0.25) is 0 Å². The molecule has 1 saturated carbocycles. The molecule has 2 N–H and O–H groups in total. The van der Waals surface area contributed by atoms with Crippen LogP contribution in [0.5, 0.6) is 0 Å². The summed E-state index contributed by atoms with van der Waals surface area (Å²) in [6.07, 6.45) is 6.98. The molecular formula is C14H23N3O. The number of aliphatic hydroxyl groups is 1. The predicted octanol–water partition coefficient (Wildman–Crippen LogP) is 1.86. The van der Waals surface area contributed by atoms with Crippen LogP contribution in [-0.4, -0.2) is 41.2 Å². The van der Waals surface area contributed by atoms with Crippen molar-refractivity contribution in [3.63, 3.8) is 0 Å². The molecule has 0 radical (unpaired) electrons. The third kappa shape index (κ3) is 3.43. The number of pyridine rings is 1. The number of anilines is 1. The minimum Gasteiger partial charge on any atom is -0.395 e. The largest absolute Gasteiger partial charge is 0.395 e. The van der Waals surface area contributed by atoms with Crippen molar-refractivity contribution in [1.29, 1.82) is 0 Å². The van der Waals surface area contributed by atoms with Crippen molar-refractivity contribution >= 4 is 5.69 Å². The fraction of sp³-hybridized carbons (Fsp3) is 0.643. The summed E-state index contributed by atoms with van der Waals surface area (Å²) in [6, 6.07) is 4.67. The third-order valence-corrected chi connectivity index (χ3v) is 3.70. The average molecular weight is 249 g/mol. The van der Waals surface area contributed by atoms with E-state index in [0.29, 0.717) is 6.04 Å². The zero-order valence-corrected chi connectivity index (χ0v) is 11.1. The highest BCUT2D eigenvalue weighted by Gasteiger charge is 2.22. The van der Waals surface area contributed by atoms with Gasteiger partial charge in [-0.25, -0.2) is 0 Å². The summed E-state index contributed by atoms with van der Waals surface area (Å²) in [4.78, 5) is 6.79. The predicted molar refractivity (Wildman–Crippen MR) is 73.5 cm³/mol. The Morgan fingerprint density at radius 3 is 2.89 bits per heavy atom. The number of nitrogens with one attached hydrogen (secondary N) is 1. The molecule has 0 aromatic carbocycles. The molecular weight excluding hydrogens is 226 g/mol. The molecule has 0 atom stereocenters. The van der Waals surface area contributed by atoms with Crippen LogP contribution in [0, 0.1) is 0 Å². The summed E-state index contributed by atoms with van der Waals surface area (Å²) in [5.74, 6) is 0. The lowest BCUT2D eigenvalue weighted by Crippen LogP contribution is -2.35. The Bertz CT molecular complexity index is 364. The van der Waals surface area contributed by atoms with E-state index in [-0.39, 0.29) is 6.61 Å². The van der Waals surface area contributed by atoms with Gasteiger partial charge in [-0.15, -0.1) is 0 Å². The quantitative estimate of drug-likeness (QED) is 0.808. The first-order valence-corrected chi connectivity index (χ1v) is 6.81. The molecule has 2 rings (SSSR count). The Labute approximate surface area is 109 Å².